The van der Waals surface area contributed by atoms with Crippen molar-refractivity contribution < 1.29 is 0 Å². The van der Waals surface area contributed by atoms with Gasteiger partial charge in [0, 0.05) is 11.8 Å². The third-order valence-corrected chi connectivity index (χ3v) is 5.47. The van der Waals surface area contributed by atoms with Crippen LogP contribution in [0, 0.1) is 0 Å². The molecule has 1 heterocycles. The van der Waals surface area contributed by atoms with Crippen LogP contribution in [0.25, 0.3) is 10.2 Å². The molecule has 0 radical (unpaired) electrons. The summed E-state index contributed by atoms with van der Waals surface area (Å²) in [6.45, 7) is 0. The first-order valence-electron chi connectivity index (χ1n) is 6.57. The Morgan fingerprint density at radius 1 is 1.10 bits per heavy atom. The van der Waals surface area contributed by atoms with Crippen molar-refractivity contribution in [3.8, 4) is 0 Å². The van der Waals surface area contributed by atoms with Gasteiger partial charge in [-0.25, -0.2) is 4.98 Å². The Balaban J connectivity index is 1.71. The third-order valence-electron chi connectivity index (χ3n) is 3.20. The highest BCUT2D eigenvalue weighted by atomic mass is 32.2. The van der Waals surface area contributed by atoms with E-state index in [9.17, 15) is 0 Å². The Labute approximate surface area is 127 Å². The summed E-state index contributed by atoms with van der Waals surface area (Å²) < 4.78 is 2.40. The van der Waals surface area contributed by atoms with Crippen LogP contribution in [0.2, 0.25) is 0 Å². The van der Waals surface area contributed by atoms with Crippen molar-refractivity contribution in [2.45, 2.75) is 10.4 Å². The summed E-state index contributed by atoms with van der Waals surface area (Å²) in [6.07, 6.45) is 0. The first-order valence-corrected chi connectivity index (χ1v) is 8.37. The number of rotatable bonds is 5. The van der Waals surface area contributed by atoms with Gasteiger partial charge in [-0.2, -0.15) is 0 Å². The number of thioether (sulfide) groups is 1. The van der Waals surface area contributed by atoms with E-state index in [1.54, 1.807) is 11.3 Å². The van der Waals surface area contributed by atoms with Gasteiger partial charge in [-0.05, 0) is 24.7 Å². The molecule has 20 heavy (non-hydrogen) atoms. The van der Waals surface area contributed by atoms with E-state index >= 15 is 0 Å². The Morgan fingerprint density at radius 2 is 1.85 bits per heavy atom. The lowest BCUT2D eigenvalue weighted by Gasteiger charge is -2.15. The molecule has 102 valence electrons. The van der Waals surface area contributed by atoms with Crippen molar-refractivity contribution in [2.75, 3.05) is 12.8 Å². The lowest BCUT2D eigenvalue weighted by atomic mass is 10.1. The summed E-state index contributed by atoms with van der Waals surface area (Å²) >= 11 is 3.59. The lowest BCUT2D eigenvalue weighted by molar-refractivity contribution is 0.662. The van der Waals surface area contributed by atoms with E-state index in [1.165, 1.54) is 10.3 Å². The minimum absolute atomic E-state index is 0.355. The molecule has 0 amide bonds. The zero-order valence-electron chi connectivity index (χ0n) is 11.2. The van der Waals surface area contributed by atoms with Crippen LogP contribution in [0.5, 0.6) is 0 Å². The molecule has 0 fully saturated rings. The second-order valence-corrected chi connectivity index (χ2v) is 6.81. The number of fused-ring (bicyclic) bond motifs is 1. The molecule has 1 atom stereocenters. The van der Waals surface area contributed by atoms with Gasteiger partial charge in [-0.15, -0.1) is 11.3 Å². The number of hydrogen-bond donors (Lipinski definition) is 1. The first kappa shape index (κ1) is 13.6. The Hall–Kier alpha value is -1.36. The fraction of sp³-hybridized carbons (Fsp3) is 0.188. The highest BCUT2D eigenvalue weighted by Gasteiger charge is 2.11. The molecular weight excluding hydrogens is 284 g/mol. The molecule has 0 saturated carbocycles. The van der Waals surface area contributed by atoms with Gasteiger partial charge in [-0.3, -0.25) is 0 Å². The van der Waals surface area contributed by atoms with Crippen molar-refractivity contribution in [1.29, 1.82) is 0 Å². The molecule has 0 saturated heterocycles. The summed E-state index contributed by atoms with van der Waals surface area (Å²) in [5.41, 5.74) is 2.42. The number of nitrogens with zero attached hydrogens (tertiary/aromatic N) is 1. The van der Waals surface area contributed by atoms with Gasteiger partial charge in [0.2, 0.25) is 0 Å². The summed E-state index contributed by atoms with van der Waals surface area (Å²) in [5.74, 6) is 0.986. The van der Waals surface area contributed by atoms with Crippen molar-refractivity contribution in [3.63, 3.8) is 0 Å². The van der Waals surface area contributed by atoms with Crippen molar-refractivity contribution in [3.05, 3.63) is 60.2 Å². The molecule has 2 aromatic carbocycles. The van der Waals surface area contributed by atoms with Crippen LogP contribution in [-0.4, -0.2) is 17.8 Å². The van der Waals surface area contributed by atoms with Gasteiger partial charge in [0.15, 0.2) is 4.34 Å². The number of benzene rings is 2. The topological polar surface area (TPSA) is 24.9 Å². The molecule has 0 aliphatic carbocycles. The van der Waals surface area contributed by atoms with E-state index in [0.717, 1.165) is 15.6 Å². The average Bonchev–Trinajstić information content (AvgIpc) is 2.92. The van der Waals surface area contributed by atoms with Crippen LogP contribution in [0.1, 0.15) is 11.6 Å². The fourth-order valence-corrected chi connectivity index (χ4v) is 4.34. The minimum Gasteiger partial charge on any atom is -0.312 e. The summed E-state index contributed by atoms with van der Waals surface area (Å²) in [6, 6.07) is 19.2. The molecular formula is C16H16N2S2. The third kappa shape index (κ3) is 3.03. The largest absolute Gasteiger partial charge is 0.312 e. The monoisotopic (exact) mass is 300 g/mol. The molecule has 3 aromatic rings. The second kappa shape index (κ2) is 6.39. The highest BCUT2D eigenvalue weighted by molar-refractivity contribution is 8.01. The van der Waals surface area contributed by atoms with Crippen LogP contribution in [0.4, 0.5) is 0 Å². The molecule has 0 aliphatic heterocycles. The van der Waals surface area contributed by atoms with Crippen LogP contribution in [-0.2, 0) is 0 Å². The number of hydrogen-bond acceptors (Lipinski definition) is 4. The van der Waals surface area contributed by atoms with Crippen molar-refractivity contribution in [1.82, 2.24) is 10.3 Å². The van der Waals surface area contributed by atoms with E-state index in [1.807, 2.05) is 24.9 Å². The molecule has 2 nitrogen and oxygen atoms in total. The van der Waals surface area contributed by atoms with Crippen LogP contribution >= 0.6 is 23.1 Å². The molecule has 1 unspecified atom stereocenters. The average molecular weight is 300 g/mol. The van der Waals surface area contributed by atoms with Crippen molar-refractivity contribution >= 4 is 33.3 Å². The highest BCUT2D eigenvalue weighted by Crippen LogP contribution is 2.31. The normalized spacial score (nSPS) is 12.7. The molecule has 0 spiro atoms. The Morgan fingerprint density at radius 3 is 2.60 bits per heavy atom. The Bertz CT molecular complexity index is 646. The van der Waals surface area contributed by atoms with Crippen LogP contribution < -0.4 is 5.32 Å². The van der Waals surface area contributed by atoms with E-state index in [0.29, 0.717) is 6.04 Å². The predicted molar refractivity (Wildman–Crippen MR) is 88.6 cm³/mol. The number of aromatic nitrogens is 1. The number of thiazole rings is 1. The lowest BCUT2D eigenvalue weighted by Crippen LogP contribution is -2.18. The SMILES string of the molecule is CNC(CSc1nc2ccccc2s1)c1ccccc1. The van der Waals surface area contributed by atoms with Crippen molar-refractivity contribution in [2.24, 2.45) is 0 Å². The minimum atomic E-state index is 0.355. The zero-order chi connectivity index (χ0) is 13.8. The molecule has 0 aliphatic rings. The van der Waals surface area contributed by atoms with E-state index in [4.69, 9.17) is 0 Å². The maximum absolute atomic E-state index is 4.67. The summed E-state index contributed by atoms with van der Waals surface area (Å²) in [4.78, 5) is 4.67. The summed E-state index contributed by atoms with van der Waals surface area (Å²) in [7, 11) is 2.01. The molecule has 0 bridgehead atoms. The molecule has 1 aromatic heterocycles. The smallest absolute Gasteiger partial charge is 0.151 e. The van der Waals surface area contributed by atoms with Gasteiger partial charge >= 0.3 is 0 Å². The zero-order valence-corrected chi connectivity index (χ0v) is 12.9. The van der Waals surface area contributed by atoms with Gasteiger partial charge in [0.05, 0.1) is 10.2 Å². The quantitative estimate of drug-likeness (QED) is 0.709. The maximum atomic E-state index is 4.67. The maximum Gasteiger partial charge on any atom is 0.151 e. The van der Waals surface area contributed by atoms with Gasteiger partial charge in [0.1, 0.15) is 0 Å². The first-order chi connectivity index (χ1) is 9.86. The number of nitrogens with one attached hydrogen (secondary N) is 1. The van der Waals surface area contributed by atoms with Gasteiger partial charge in [-0.1, -0.05) is 54.2 Å². The predicted octanol–water partition coefficient (Wildman–Crippen LogP) is 4.35. The van der Waals surface area contributed by atoms with E-state index < -0.39 is 0 Å². The molecule has 4 heteroatoms. The molecule has 3 rings (SSSR count). The van der Waals surface area contributed by atoms with E-state index in [-0.39, 0.29) is 0 Å². The standard InChI is InChI=1S/C16H16N2S2/c1-17-14(12-7-3-2-4-8-12)11-19-16-18-13-9-5-6-10-15(13)20-16/h2-10,14,17H,11H2,1H3. The van der Waals surface area contributed by atoms with Gasteiger partial charge < -0.3 is 5.32 Å². The van der Waals surface area contributed by atoms with Crippen LogP contribution in [0.3, 0.4) is 0 Å². The second-order valence-electron chi connectivity index (χ2n) is 4.51. The summed E-state index contributed by atoms with van der Waals surface area (Å²) in [5, 5.41) is 3.38. The number of para-hydroxylation sites is 1. The van der Waals surface area contributed by atoms with E-state index in [2.05, 4.69) is 58.8 Å². The molecule has 1 N–H and O–H groups in total. The van der Waals surface area contributed by atoms with Crippen LogP contribution in [0.15, 0.2) is 58.9 Å². The Kier molecular flexibility index (Phi) is 4.35. The van der Waals surface area contributed by atoms with Gasteiger partial charge in [0.25, 0.3) is 0 Å². The fourth-order valence-electron chi connectivity index (χ4n) is 2.10.